The number of aliphatic hydroxyl groups is 2. The zero-order valence-corrected chi connectivity index (χ0v) is 8.73. The van der Waals surface area contributed by atoms with E-state index in [9.17, 15) is 9.50 Å². The van der Waals surface area contributed by atoms with Crippen molar-refractivity contribution in [3.63, 3.8) is 0 Å². The number of alkyl halides is 1. The summed E-state index contributed by atoms with van der Waals surface area (Å²) in [5, 5.41) is 18.6. The standard InChI is InChI=1S/C8H13FN2O3S/c9-4-5-7(15-8(10)11-5)14-3(1-2-12)6(4)13/h3-7,12-13H,1-2H2,(H2,10,11)/t3-,4-,5-,6-,7-/m1/s1. The van der Waals surface area contributed by atoms with Gasteiger partial charge < -0.3 is 20.7 Å². The zero-order valence-electron chi connectivity index (χ0n) is 7.91. The number of rotatable bonds is 2. The van der Waals surface area contributed by atoms with E-state index in [-0.39, 0.29) is 18.2 Å². The summed E-state index contributed by atoms with van der Waals surface area (Å²) in [5.74, 6) is 0. The molecule has 0 aliphatic carbocycles. The number of fused-ring (bicyclic) bond motifs is 1. The van der Waals surface area contributed by atoms with E-state index >= 15 is 0 Å². The first-order chi connectivity index (χ1) is 7.13. The molecular formula is C8H13FN2O3S. The number of ether oxygens (including phenoxy) is 1. The van der Waals surface area contributed by atoms with E-state index in [0.29, 0.717) is 0 Å². The average molecular weight is 236 g/mol. The molecule has 0 spiro atoms. The normalized spacial score (nSPS) is 45.0. The third-order valence-electron chi connectivity index (χ3n) is 2.55. The van der Waals surface area contributed by atoms with E-state index in [1.54, 1.807) is 0 Å². The van der Waals surface area contributed by atoms with Gasteiger partial charge in [-0.1, -0.05) is 11.8 Å². The maximum absolute atomic E-state index is 13.7. The fourth-order valence-corrected chi connectivity index (χ4v) is 2.75. The third kappa shape index (κ3) is 1.96. The Morgan fingerprint density at radius 1 is 1.60 bits per heavy atom. The molecule has 2 aliphatic rings. The first-order valence-electron chi connectivity index (χ1n) is 4.72. The number of hydrogen-bond donors (Lipinski definition) is 3. The molecule has 1 saturated heterocycles. The minimum absolute atomic E-state index is 0.146. The minimum atomic E-state index is -1.48. The van der Waals surface area contributed by atoms with Crippen LogP contribution < -0.4 is 5.73 Å². The summed E-state index contributed by atoms with van der Waals surface area (Å²) in [7, 11) is 0. The molecule has 5 nitrogen and oxygen atoms in total. The molecule has 1 fully saturated rings. The molecule has 0 radical (unpaired) electrons. The van der Waals surface area contributed by atoms with E-state index in [0.717, 1.165) is 11.8 Å². The van der Waals surface area contributed by atoms with Crippen LogP contribution in [-0.2, 0) is 4.74 Å². The van der Waals surface area contributed by atoms with Crippen LogP contribution in [0.4, 0.5) is 4.39 Å². The number of aliphatic hydroxyl groups excluding tert-OH is 2. The van der Waals surface area contributed by atoms with Crippen molar-refractivity contribution in [1.82, 2.24) is 0 Å². The summed E-state index contributed by atoms with van der Waals surface area (Å²) in [6.07, 6.45) is -3.19. The number of aliphatic imine (C=N–C) groups is 1. The van der Waals surface area contributed by atoms with Gasteiger partial charge in [0.25, 0.3) is 0 Å². The lowest BCUT2D eigenvalue weighted by molar-refractivity contribution is -0.136. The maximum Gasteiger partial charge on any atom is 0.157 e. The van der Waals surface area contributed by atoms with Crippen molar-refractivity contribution in [2.24, 2.45) is 10.7 Å². The van der Waals surface area contributed by atoms with Crippen molar-refractivity contribution in [1.29, 1.82) is 0 Å². The number of amidine groups is 1. The van der Waals surface area contributed by atoms with E-state index in [1.165, 1.54) is 0 Å². The van der Waals surface area contributed by atoms with Gasteiger partial charge in [-0.15, -0.1) is 0 Å². The molecule has 0 bridgehead atoms. The van der Waals surface area contributed by atoms with Crippen LogP contribution >= 0.6 is 11.8 Å². The monoisotopic (exact) mass is 236 g/mol. The van der Waals surface area contributed by atoms with E-state index < -0.39 is 29.9 Å². The molecule has 2 rings (SSSR count). The van der Waals surface area contributed by atoms with E-state index in [2.05, 4.69) is 4.99 Å². The number of nitrogens with two attached hydrogens (primary N) is 1. The van der Waals surface area contributed by atoms with Crippen LogP contribution in [0.1, 0.15) is 6.42 Å². The highest BCUT2D eigenvalue weighted by Gasteiger charge is 2.48. The second kappa shape index (κ2) is 4.25. The van der Waals surface area contributed by atoms with Crippen molar-refractivity contribution in [2.45, 2.75) is 36.3 Å². The summed E-state index contributed by atoms with van der Waals surface area (Å²) in [5.41, 5.74) is 4.98. The first kappa shape index (κ1) is 11.1. The van der Waals surface area contributed by atoms with Crippen LogP contribution in [0.5, 0.6) is 0 Å². The van der Waals surface area contributed by atoms with Gasteiger partial charge >= 0.3 is 0 Å². The van der Waals surface area contributed by atoms with Gasteiger partial charge in [-0.05, 0) is 6.42 Å². The zero-order chi connectivity index (χ0) is 11.0. The van der Waals surface area contributed by atoms with E-state index in [1.807, 2.05) is 0 Å². The lowest BCUT2D eigenvalue weighted by Crippen LogP contribution is -2.52. The number of halogens is 1. The van der Waals surface area contributed by atoms with Gasteiger partial charge in [-0.25, -0.2) is 4.39 Å². The Hall–Kier alpha value is -0.370. The molecule has 2 heterocycles. The smallest absolute Gasteiger partial charge is 0.157 e. The molecule has 5 atom stereocenters. The SMILES string of the molecule is NC1=N[C@@H]2[C@@H](F)[C@H](O)[C@@H](CCO)O[C@@H]2S1. The number of nitrogens with zero attached hydrogens (tertiary/aromatic N) is 1. The highest BCUT2D eigenvalue weighted by Crippen LogP contribution is 2.37. The highest BCUT2D eigenvalue weighted by molar-refractivity contribution is 8.14. The van der Waals surface area contributed by atoms with Crippen LogP contribution in [-0.4, -0.2) is 51.8 Å². The second-order valence-electron chi connectivity index (χ2n) is 3.57. The van der Waals surface area contributed by atoms with Gasteiger partial charge in [-0.2, -0.15) is 0 Å². The minimum Gasteiger partial charge on any atom is -0.396 e. The third-order valence-corrected chi connectivity index (χ3v) is 3.52. The van der Waals surface area contributed by atoms with Crippen molar-refractivity contribution < 1.29 is 19.3 Å². The van der Waals surface area contributed by atoms with Crippen molar-refractivity contribution >= 4 is 16.9 Å². The largest absolute Gasteiger partial charge is 0.396 e. The summed E-state index contributed by atoms with van der Waals surface area (Å²) >= 11 is 1.16. The van der Waals surface area contributed by atoms with Crippen LogP contribution in [0, 0.1) is 0 Å². The van der Waals surface area contributed by atoms with E-state index in [4.69, 9.17) is 15.6 Å². The Morgan fingerprint density at radius 2 is 2.33 bits per heavy atom. The van der Waals surface area contributed by atoms with Gasteiger partial charge in [0.05, 0.1) is 6.10 Å². The lowest BCUT2D eigenvalue weighted by Gasteiger charge is -2.36. The molecule has 0 unspecified atom stereocenters. The maximum atomic E-state index is 13.7. The Balaban J connectivity index is 2.09. The molecule has 7 heteroatoms. The Morgan fingerprint density at radius 3 is 3.00 bits per heavy atom. The Kier molecular flexibility index (Phi) is 3.15. The Labute approximate surface area is 90.5 Å². The van der Waals surface area contributed by atoms with Gasteiger partial charge in [0.15, 0.2) is 11.3 Å². The van der Waals surface area contributed by atoms with Crippen LogP contribution in [0.15, 0.2) is 4.99 Å². The molecule has 86 valence electrons. The molecule has 0 aromatic carbocycles. The average Bonchev–Trinajstić information content (AvgIpc) is 2.56. The summed E-state index contributed by atoms with van der Waals surface area (Å²) in [6, 6.07) is -0.722. The fourth-order valence-electron chi connectivity index (χ4n) is 1.78. The van der Waals surface area contributed by atoms with Gasteiger partial charge in [0, 0.05) is 6.61 Å². The molecule has 0 aromatic rings. The van der Waals surface area contributed by atoms with Crippen molar-refractivity contribution in [3.8, 4) is 0 Å². The molecule has 0 amide bonds. The molecule has 0 saturated carbocycles. The molecule has 0 aromatic heterocycles. The molecule has 15 heavy (non-hydrogen) atoms. The summed E-state index contributed by atoms with van der Waals surface area (Å²) < 4.78 is 19.1. The quantitative estimate of drug-likeness (QED) is 0.585. The number of thioether (sulfide) groups is 1. The van der Waals surface area contributed by atoms with Gasteiger partial charge in [-0.3, -0.25) is 4.99 Å². The summed E-state index contributed by atoms with van der Waals surface area (Å²) in [6.45, 7) is -0.146. The highest BCUT2D eigenvalue weighted by atomic mass is 32.2. The Bertz CT molecular complexity index is 279. The lowest BCUT2D eigenvalue weighted by atomic mass is 9.98. The van der Waals surface area contributed by atoms with Crippen LogP contribution in [0.3, 0.4) is 0 Å². The molecule has 4 N–H and O–H groups in total. The topological polar surface area (TPSA) is 88.1 Å². The van der Waals surface area contributed by atoms with Gasteiger partial charge in [0.1, 0.15) is 17.6 Å². The fraction of sp³-hybridized carbons (Fsp3) is 0.875. The molecular weight excluding hydrogens is 223 g/mol. The predicted molar refractivity (Wildman–Crippen MR) is 54.3 cm³/mol. The first-order valence-corrected chi connectivity index (χ1v) is 5.60. The van der Waals surface area contributed by atoms with Crippen LogP contribution in [0.25, 0.3) is 0 Å². The second-order valence-corrected chi connectivity index (χ2v) is 4.68. The summed E-state index contributed by atoms with van der Waals surface area (Å²) in [4.78, 5) is 3.87. The van der Waals surface area contributed by atoms with Crippen molar-refractivity contribution in [2.75, 3.05) is 6.61 Å². The van der Waals surface area contributed by atoms with Gasteiger partial charge in [0.2, 0.25) is 0 Å². The number of hydrogen-bond acceptors (Lipinski definition) is 6. The van der Waals surface area contributed by atoms with Crippen molar-refractivity contribution in [3.05, 3.63) is 0 Å². The van der Waals surface area contributed by atoms with Crippen LogP contribution in [0.2, 0.25) is 0 Å². The molecule has 2 aliphatic heterocycles. The predicted octanol–water partition coefficient (Wildman–Crippen LogP) is -0.777.